The number of nitrogens with one attached hydrogen (secondary N) is 1. The molecule has 0 spiro atoms. The molecule has 1 aliphatic rings. The standard InChI is InChI=1S/C30H37N3O4S/c1-22-14-16-26(38-22)20-32(19-23-10-6-4-7-11-23)29(34)21-33(24-12-8-5-9-13-24)30(35)31-27-17-15-25(36-2)18-28(27)37-3/h4,6-7,10-11,14-18,24H,5,8-9,12-13,19-21H2,1-3H3,(H,31,35). The summed E-state index contributed by atoms with van der Waals surface area (Å²) in [4.78, 5) is 33.4. The van der Waals surface area contributed by atoms with Gasteiger partial charge in [0.25, 0.3) is 0 Å². The summed E-state index contributed by atoms with van der Waals surface area (Å²) in [6.07, 6.45) is 5.05. The number of amides is 3. The van der Waals surface area contributed by atoms with Gasteiger partial charge in [0, 0.05) is 28.4 Å². The van der Waals surface area contributed by atoms with Gasteiger partial charge in [-0.1, -0.05) is 49.6 Å². The van der Waals surface area contributed by atoms with Crippen LogP contribution in [0.3, 0.4) is 0 Å². The van der Waals surface area contributed by atoms with E-state index in [2.05, 4.69) is 24.4 Å². The fourth-order valence-electron chi connectivity index (χ4n) is 4.89. The lowest BCUT2D eigenvalue weighted by Gasteiger charge is -2.35. The Balaban J connectivity index is 1.56. The fraction of sp³-hybridized carbons (Fsp3) is 0.400. The summed E-state index contributed by atoms with van der Waals surface area (Å²) in [7, 11) is 3.14. The summed E-state index contributed by atoms with van der Waals surface area (Å²) in [5.74, 6) is 1.08. The van der Waals surface area contributed by atoms with E-state index in [9.17, 15) is 9.59 Å². The summed E-state index contributed by atoms with van der Waals surface area (Å²) in [6, 6.07) is 19.1. The molecule has 1 saturated carbocycles. The predicted molar refractivity (Wildman–Crippen MR) is 152 cm³/mol. The lowest BCUT2D eigenvalue weighted by atomic mass is 9.94. The monoisotopic (exact) mass is 535 g/mol. The van der Waals surface area contributed by atoms with E-state index in [0.717, 1.165) is 42.5 Å². The van der Waals surface area contributed by atoms with Gasteiger partial charge in [-0.05, 0) is 49.6 Å². The molecule has 2 aromatic carbocycles. The van der Waals surface area contributed by atoms with Crippen molar-refractivity contribution < 1.29 is 19.1 Å². The Morgan fingerprint density at radius 3 is 2.37 bits per heavy atom. The minimum Gasteiger partial charge on any atom is -0.497 e. The molecule has 38 heavy (non-hydrogen) atoms. The second-order valence-corrected chi connectivity index (χ2v) is 11.0. The van der Waals surface area contributed by atoms with Crippen LogP contribution in [0.1, 0.15) is 47.4 Å². The zero-order chi connectivity index (χ0) is 26.9. The van der Waals surface area contributed by atoms with Gasteiger partial charge in [-0.15, -0.1) is 11.3 Å². The number of aryl methyl sites for hydroxylation is 1. The Hall–Kier alpha value is -3.52. The first-order chi connectivity index (χ1) is 18.5. The number of carbonyl (C=O) groups is 2. The van der Waals surface area contributed by atoms with Crippen LogP contribution < -0.4 is 14.8 Å². The van der Waals surface area contributed by atoms with E-state index in [0.29, 0.717) is 30.3 Å². The molecule has 0 radical (unpaired) electrons. The lowest BCUT2D eigenvalue weighted by Crippen LogP contribution is -2.49. The fourth-order valence-corrected chi connectivity index (χ4v) is 5.79. The summed E-state index contributed by atoms with van der Waals surface area (Å²) in [5, 5.41) is 2.99. The number of rotatable bonds is 10. The van der Waals surface area contributed by atoms with Gasteiger partial charge >= 0.3 is 6.03 Å². The number of anilines is 1. The van der Waals surface area contributed by atoms with Crippen LogP contribution in [0.5, 0.6) is 11.5 Å². The molecular weight excluding hydrogens is 498 g/mol. The normalized spacial score (nSPS) is 13.6. The van der Waals surface area contributed by atoms with Gasteiger partial charge in [-0.3, -0.25) is 4.79 Å². The van der Waals surface area contributed by atoms with Gasteiger partial charge in [0.1, 0.15) is 18.0 Å². The number of hydrogen-bond donors (Lipinski definition) is 1. The topological polar surface area (TPSA) is 71.1 Å². The number of benzene rings is 2. The van der Waals surface area contributed by atoms with Gasteiger partial charge < -0.3 is 24.6 Å². The molecule has 0 bridgehead atoms. The van der Waals surface area contributed by atoms with Crippen molar-refractivity contribution in [3.8, 4) is 11.5 Å². The average Bonchev–Trinajstić information content (AvgIpc) is 3.36. The zero-order valence-corrected chi connectivity index (χ0v) is 23.3. The van der Waals surface area contributed by atoms with Crippen LogP contribution in [0.4, 0.5) is 10.5 Å². The Morgan fingerprint density at radius 1 is 0.947 bits per heavy atom. The number of hydrogen-bond acceptors (Lipinski definition) is 5. The highest BCUT2D eigenvalue weighted by molar-refractivity contribution is 7.11. The Morgan fingerprint density at radius 2 is 1.71 bits per heavy atom. The van der Waals surface area contributed by atoms with Crippen LogP contribution in [-0.2, 0) is 17.9 Å². The van der Waals surface area contributed by atoms with Crippen molar-refractivity contribution in [1.82, 2.24) is 9.80 Å². The van der Waals surface area contributed by atoms with Crippen LogP contribution in [0.25, 0.3) is 0 Å². The third kappa shape index (κ3) is 7.28. The summed E-state index contributed by atoms with van der Waals surface area (Å²) in [6.45, 7) is 3.09. The van der Waals surface area contributed by atoms with Crippen molar-refractivity contribution in [2.75, 3.05) is 26.1 Å². The molecule has 8 heteroatoms. The second-order valence-electron chi connectivity index (χ2n) is 9.66. The maximum absolute atomic E-state index is 13.8. The van der Waals surface area contributed by atoms with Gasteiger partial charge in [0.05, 0.1) is 26.5 Å². The van der Waals surface area contributed by atoms with Crippen molar-refractivity contribution >= 4 is 29.0 Å². The quantitative estimate of drug-likeness (QED) is 0.323. The smallest absolute Gasteiger partial charge is 0.322 e. The van der Waals surface area contributed by atoms with Crippen LogP contribution in [-0.4, -0.2) is 48.5 Å². The van der Waals surface area contributed by atoms with E-state index < -0.39 is 0 Å². The molecule has 0 unspecified atom stereocenters. The molecule has 1 N–H and O–H groups in total. The molecule has 4 rings (SSSR count). The van der Waals surface area contributed by atoms with Gasteiger partial charge in [-0.2, -0.15) is 0 Å². The van der Waals surface area contributed by atoms with Gasteiger partial charge in [0.2, 0.25) is 5.91 Å². The van der Waals surface area contributed by atoms with Crippen LogP contribution >= 0.6 is 11.3 Å². The van der Waals surface area contributed by atoms with Crippen LogP contribution in [0.15, 0.2) is 60.7 Å². The molecule has 3 amide bonds. The molecule has 1 heterocycles. The molecule has 1 aromatic heterocycles. The first kappa shape index (κ1) is 27.5. The van der Waals surface area contributed by atoms with Gasteiger partial charge in [0.15, 0.2) is 0 Å². The number of thiophene rings is 1. The Kier molecular flexibility index (Phi) is 9.65. The Labute approximate surface area is 229 Å². The van der Waals surface area contributed by atoms with Crippen molar-refractivity contribution in [3.05, 3.63) is 76.0 Å². The highest BCUT2D eigenvalue weighted by atomic mass is 32.1. The first-order valence-corrected chi connectivity index (χ1v) is 13.9. The number of nitrogens with zero attached hydrogens (tertiary/aromatic N) is 2. The molecule has 0 saturated heterocycles. The van der Waals surface area contributed by atoms with Gasteiger partial charge in [-0.25, -0.2) is 4.79 Å². The number of ether oxygens (including phenoxy) is 2. The van der Waals surface area contributed by atoms with E-state index >= 15 is 0 Å². The maximum Gasteiger partial charge on any atom is 0.322 e. The first-order valence-electron chi connectivity index (χ1n) is 13.1. The third-order valence-corrected chi connectivity index (χ3v) is 7.93. The minimum absolute atomic E-state index is 0.0134. The zero-order valence-electron chi connectivity index (χ0n) is 22.4. The summed E-state index contributed by atoms with van der Waals surface area (Å²) in [5.41, 5.74) is 1.60. The van der Waals surface area contributed by atoms with Crippen molar-refractivity contribution in [3.63, 3.8) is 0 Å². The van der Waals surface area contributed by atoms with E-state index in [-0.39, 0.29) is 24.5 Å². The molecule has 1 aliphatic carbocycles. The molecule has 3 aromatic rings. The van der Waals surface area contributed by atoms with E-state index in [1.165, 1.54) is 4.88 Å². The highest BCUT2D eigenvalue weighted by Crippen LogP contribution is 2.30. The third-order valence-electron chi connectivity index (χ3n) is 6.94. The Bertz CT molecular complexity index is 1210. The summed E-state index contributed by atoms with van der Waals surface area (Å²) >= 11 is 1.70. The van der Waals surface area contributed by atoms with Crippen LogP contribution in [0, 0.1) is 6.92 Å². The van der Waals surface area contributed by atoms with E-state index in [4.69, 9.17) is 9.47 Å². The van der Waals surface area contributed by atoms with Crippen molar-refractivity contribution in [1.29, 1.82) is 0 Å². The number of urea groups is 1. The second kappa shape index (κ2) is 13.3. The largest absolute Gasteiger partial charge is 0.497 e. The molecule has 1 fully saturated rings. The molecule has 202 valence electrons. The molecule has 7 nitrogen and oxygen atoms in total. The maximum atomic E-state index is 13.8. The van der Waals surface area contributed by atoms with E-state index in [1.807, 2.05) is 35.2 Å². The SMILES string of the molecule is COc1ccc(NC(=O)N(CC(=O)N(Cc2ccccc2)Cc2ccc(C)s2)C2CCCCC2)c(OC)c1. The highest BCUT2D eigenvalue weighted by Gasteiger charge is 2.30. The van der Waals surface area contributed by atoms with E-state index in [1.54, 1.807) is 48.7 Å². The number of carbonyl (C=O) groups excluding carboxylic acids is 2. The predicted octanol–water partition coefficient (Wildman–Crippen LogP) is 6.47. The molecule has 0 atom stereocenters. The molecular formula is C30H37N3O4S. The molecule has 0 aliphatic heterocycles. The minimum atomic E-state index is -0.291. The average molecular weight is 536 g/mol. The number of methoxy groups -OCH3 is 2. The summed E-state index contributed by atoms with van der Waals surface area (Å²) < 4.78 is 10.8. The lowest BCUT2D eigenvalue weighted by molar-refractivity contribution is -0.133. The van der Waals surface area contributed by atoms with Crippen molar-refractivity contribution in [2.24, 2.45) is 0 Å². The van der Waals surface area contributed by atoms with Crippen molar-refractivity contribution in [2.45, 2.75) is 58.2 Å². The van der Waals surface area contributed by atoms with Crippen LogP contribution in [0.2, 0.25) is 0 Å².